The Morgan fingerprint density at radius 3 is 2.91 bits per heavy atom. The summed E-state index contributed by atoms with van der Waals surface area (Å²) in [5, 5.41) is 4.41. The summed E-state index contributed by atoms with van der Waals surface area (Å²) < 4.78 is 2.04. The lowest BCUT2D eigenvalue weighted by Crippen LogP contribution is -2.31. The molecule has 0 N–H and O–H groups in total. The Bertz CT molecular complexity index is 621. The Kier molecular flexibility index (Phi) is 5.41. The molecule has 1 aliphatic heterocycles. The van der Waals surface area contributed by atoms with Crippen molar-refractivity contribution in [3.8, 4) is 0 Å². The highest BCUT2D eigenvalue weighted by Gasteiger charge is 2.13. The zero-order valence-electron chi connectivity index (χ0n) is 14.3. The van der Waals surface area contributed by atoms with E-state index in [4.69, 9.17) is 0 Å². The standard InChI is InChI=1S/C18H27N5/c1-16-5-3-6-17(13-16)14-23-18(19-15-20-23)7-10-22-9-4-8-21(2)11-12-22/h3,5-6,13,15H,4,7-12,14H2,1-2H3. The van der Waals surface area contributed by atoms with Gasteiger partial charge in [0.05, 0.1) is 6.54 Å². The number of hydrogen-bond acceptors (Lipinski definition) is 4. The molecule has 0 spiro atoms. The first-order valence-corrected chi connectivity index (χ1v) is 8.54. The average molecular weight is 313 g/mol. The summed E-state index contributed by atoms with van der Waals surface area (Å²) in [6.45, 7) is 8.72. The minimum absolute atomic E-state index is 0.805. The molecule has 1 aliphatic rings. The van der Waals surface area contributed by atoms with Gasteiger partial charge in [0.25, 0.3) is 0 Å². The van der Waals surface area contributed by atoms with E-state index in [1.807, 2.05) is 4.68 Å². The average Bonchev–Trinajstić information content (AvgIpc) is 2.85. The molecule has 3 rings (SSSR count). The van der Waals surface area contributed by atoms with Gasteiger partial charge < -0.3 is 9.80 Å². The fraction of sp³-hybridized carbons (Fsp3) is 0.556. The number of aromatic nitrogens is 3. The Labute approximate surface area is 138 Å². The number of rotatable bonds is 5. The topological polar surface area (TPSA) is 37.2 Å². The van der Waals surface area contributed by atoms with Crippen molar-refractivity contribution in [2.45, 2.75) is 26.3 Å². The quantitative estimate of drug-likeness (QED) is 0.844. The van der Waals surface area contributed by atoms with E-state index < -0.39 is 0 Å². The second-order valence-corrected chi connectivity index (χ2v) is 6.57. The molecule has 1 saturated heterocycles. The van der Waals surface area contributed by atoms with Gasteiger partial charge in [-0.2, -0.15) is 5.10 Å². The maximum Gasteiger partial charge on any atom is 0.138 e. The maximum absolute atomic E-state index is 4.47. The molecular weight excluding hydrogens is 286 g/mol. The van der Waals surface area contributed by atoms with E-state index in [9.17, 15) is 0 Å². The van der Waals surface area contributed by atoms with Gasteiger partial charge in [-0.1, -0.05) is 29.8 Å². The summed E-state index contributed by atoms with van der Waals surface area (Å²) in [4.78, 5) is 9.44. The Morgan fingerprint density at radius 1 is 1.13 bits per heavy atom. The van der Waals surface area contributed by atoms with Crippen LogP contribution in [0.2, 0.25) is 0 Å². The van der Waals surface area contributed by atoms with Crippen LogP contribution in [0.5, 0.6) is 0 Å². The summed E-state index contributed by atoms with van der Waals surface area (Å²) in [7, 11) is 2.21. The lowest BCUT2D eigenvalue weighted by atomic mass is 10.1. The first-order chi connectivity index (χ1) is 11.2. The van der Waals surface area contributed by atoms with Crippen LogP contribution in [-0.4, -0.2) is 64.3 Å². The molecule has 0 saturated carbocycles. The van der Waals surface area contributed by atoms with Crippen molar-refractivity contribution in [3.63, 3.8) is 0 Å². The number of likely N-dealkylation sites (N-methyl/N-ethyl adjacent to an activating group) is 1. The van der Waals surface area contributed by atoms with Crippen molar-refractivity contribution >= 4 is 0 Å². The zero-order chi connectivity index (χ0) is 16.1. The molecule has 124 valence electrons. The van der Waals surface area contributed by atoms with E-state index in [0.29, 0.717) is 0 Å². The van der Waals surface area contributed by atoms with Crippen molar-refractivity contribution in [1.29, 1.82) is 0 Å². The van der Waals surface area contributed by atoms with E-state index in [-0.39, 0.29) is 0 Å². The predicted molar refractivity (Wildman–Crippen MR) is 92.6 cm³/mol. The maximum atomic E-state index is 4.47. The van der Waals surface area contributed by atoms with E-state index in [1.165, 1.54) is 30.6 Å². The summed E-state index contributed by atoms with van der Waals surface area (Å²) in [6, 6.07) is 8.61. The number of benzene rings is 1. The minimum Gasteiger partial charge on any atom is -0.305 e. The number of hydrogen-bond donors (Lipinski definition) is 0. The van der Waals surface area contributed by atoms with Crippen molar-refractivity contribution in [2.75, 3.05) is 39.8 Å². The van der Waals surface area contributed by atoms with Gasteiger partial charge in [-0.05, 0) is 39.0 Å². The predicted octanol–water partition coefficient (Wildman–Crippen LogP) is 1.81. The van der Waals surface area contributed by atoms with Crippen LogP contribution in [0.4, 0.5) is 0 Å². The van der Waals surface area contributed by atoms with Gasteiger partial charge in [0.1, 0.15) is 12.2 Å². The number of nitrogens with zero attached hydrogens (tertiary/aromatic N) is 5. The van der Waals surface area contributed by atoms with Crippen LogP contribution in [0.1, 0.15) is 23.4 Å². The molecule has 5 heteroatoms. The molecule has 2 aromatic rings. The van der Waals surface area contributed by atoms with Crippen LogP contribution in [-0.2, 0) is 13.0 Å². The first kappa shape index (κ1) is 16.1. The van der Waals surface area contributed by atoms with Crippen LogP contribution in [0.3, 0.4) is 0 Å². The highest BCUT2D eigenvalue weighted by molar-refractivity contribution is 5.22. The van der Waals surface area contributed by atoms with Crippen molar-refractivity contribution in [3.05, 3.63) is 47.5 Å². The fourth-order valence-electron chi connectivity index (χ4n) is 3.18. The molecule has 1 aromatic carbocycles. The van der Waals surface area contributed by atoms with Crippen LogP contribution in [0.15, 0.2) is 30.6 Å². The van der Waals surface area contributed by atoms with Crippen molar-refractivity contribution in [2.24, 2.45) is 0 Å². The third-order valence-corrected chi connectivity index (χ3v) is 4.57. The molecule has 0 unspecified atom stereocenters. The molecule has 0 radical (unpaired) electrons. The molecular formula is C18H27N5. The molecule has 5 nitrogen and oxygen atoms in total. The van der Waals surface area contributed by atoms with Gasteiger partial charge in [-0.3, -0.25) is 0 Å². The van der Waals surface area contributed by atoms with E-state index in [1.54, 1.807) is 6.33 Å². The largest absolute Gasteiger partial charge is 0.305 e. The normalized spacial score (nSPS) is 17.3. The second kappa shape index (κ2) is 7.70. The second-order valence-electron chi connectivity index (χ2n) is 6.57. The molecule has 1 fully saturated rings. The Hall–Kier alpha value is -1.72. The highest BCUT2D eigenvalue weighted by Crippen LogP contribution is 2.08. The lowest BCUT2D eigenvalue weighted by Gasteiger charge is -2.19. The van der Waals surface area contributed by atoms with Gasteiger partial charge in [-0.15, -0.1) is 0 Å². The van der Waals surface area contributed by atoms with Gasteiger partial charge in [0.15, 0.2) is 0 Å². The monoisotopic (exact) mass is 313 g/mol. The minimum atomic E-state index is 0.805. The molecule has 23 heavy (non-hydrogen) atoms. The van der Waals surface area contributed by atoms with Crippen LogP contribution >= 0.6 is 0 Å². The van der Waals surface area contributed by atoms with Gasteiger partial charge in [-0.25, -0.2) is 9.67 Å². The third kappa shape index (κ3) is 4.62. The van der Waals surface area contributed by atoms with Gasteiger partial charge >= 0.3 is 0 Å². The zero-order valence-corrected chi connectivity index (χ0v) is 14.3. The van der Waals surface area contributed by atoms with Crippen LogP contribution in [0, 0.1) is 6.92 Å². The van der Waals surface area contributed by atoms with Gasteiger partial charge in [0, 0.05) is 26.1 Å². The molecule has 0 atom stereocenters. The van der Waals surface area contributed by atoms with Crippen LogP contribution in [0.25, 0.3) is 0 Å². The van der Waals surface area contributed by atoms with E-state index in [2.05, 4.69) is 58.1 Å². The van der Waals surface area contributed by atoms with Crippen molar-refractivity contribution < 1.29 is 0 Å². The third-order valence-electron chi connectivity index (χ3n) is 4.57. The summed E-state index contributed by atoms with van der Waals surface area (Å²) in [6.07, 6.45) is 3.91. The number of aryl methyl sites for hydroxylation is 1. The van der Waals surface area contributed by atoms with E-state index >= 15 is 0 Å². The Balaban J connectivity index is 1.58. The smallest absolute Gasteiger partial charge is 0.138 e. The Morgan fingerprint density at radius 2 is 2.04 bits per heavy atom. The molecule has 0 aliphatic carbocycles. The first-order valence-electron chi connectivity index (χ1n) is 8.54. The lowest BCUT2D eigenvalue weighted by molar-refractivity contribution is 0.276. The fourth-order valence-corrected chi connectivity index (χ4v) is 3.18. The molecule has 0 amide bonds. The van der Waals surface area contributed by atoms with Gasteiger partial charge in [0.2, 0.25) is 0 Å². The van der Waals surface area contributed by atoms with Crippen molar-refractivity contribution in [1.82, 2.24) is 24.6 Å². The highest BCUT2D eigenvalue weighted by atomic mass is 15.3. The summed E-state index contributed by atoms with van der Waals surface area (Å²) >= 11 is 0. The molecule has 0 bridgehead atoms. The van der Waals surface area contributed by atoms with E-state index in [0.717, 1.165) is 38.4 Å². The summed E-state index contributed by atoms with van der Waals surface area (Å²) in [5.41, 5.74) is 2.57. The van der Waals surface area contributed by atoms with Crippen LogP contribution < -0.4 is 0 Å². The molecule has 1 aromatic heterocycles. The summed E-state index contributed by atoms with van der Waals surface area (Å²) in [5.74, 6) is 1.09. The molecule has 2 heterocycles. The SMILES string of the molecule is Cc1cccc(Cn2ncnc2CCN2CCCN(C)CC2)c1.